The molecule has 0 spiro atoms. The van der Waals surface area contributed by atoms with Gasteiger partial charge in [0.15, 0.2) is 0 Å². The molecule has 6 nitrogen and oxygen atoms in total. The number of aromatic nitrogens is 4. The van der Waals surface area contributed by atoms with Crippen LogP contribution in [0, 0.1) is 0 Å². The summed E-state index contributed by atoms with van der Waals surface area (Å²) < 4.78 is 22.0. The number of furan rings is 2. The molecule has 2 aliphatic rings. The van der Waals surface area contributed by atoms with E-state index in [1.807, 2.05) is 6.07 Å². The number of aromatic amines is 1. The Morgan fingerprint density at radius 3 is 1.11 bits per heavy atom. The second-order valence-electron chi connectivity index (χ2n) is 29.4. The predicted octanol–water partition coefficient (Wildman–Crippen LogP) is 29.5. The van der Waals surface area contributed by atoms with Gasteiger partial charge in [0.2, 0.25) is 0 Å². The van der Waals surface area contributed by atoms with Gasteiger partial charge >= 0.3 is 0 Å². The van der Waals surface area contributed by atoms with Crippen molar-refractivity contribution in [3.63, 3.8) is 0 Å². The molecule has 111 heavy (non-hydrogen) atoms. The molecule has 7 heteroatoms. The number of hydrogen-bond acceptors (Lipinski definition) is 2. The lowest BCUT2D eigenvalue weighted by atomic mass is 9.94. The van der Waals surface area contributed by atoms with E-state index in [0.29, 0.717) is 0 Å². The largest absolute Gasteiger partial charge is 0.455 e. The third-order valence-corrected chi connectivity index (χ3v) is 24.1. The molecule has 516 valence electrons. The Balaban J connectivity index is 0.000000108. The molecule has 0 bridgehead atoms. The Bertz CT molecular complexity index is 8010. The molecule has 6 aromatic heterocycles. The summed E-state index contributed by atoms with van der Waals surface area (Å²) in [6.07, 6.45) is 0. The molecule has 2 aliphatic carbocycles. The van der Waals surface area contributed by atoms with Crippen LogP contribution in [0.15, 0.2) is 377 Å². The van der Waals surface area contributed by atoms with Gasteiger partial charge in [0.25, 0.3) is 0 Å². The van der Waals surface area contributed by atoms with E-state index in [1.165, 1.54) is 137 Å². The number of benzene rings is 18. The van der Waals surface area contributed by atoms with Crippen molar-refractivity contribution in [2.75, 3.05) is 0 Å². The van der Waals surface area contributed by atoms with Gasteiger partial charge in [0.05, 0.1) is 60.2 Å². The highest BCUT2D eigenvalue weighted by atomic mass is 79.9. The van der Waals surface area contributed by atoms with Crippen LogP contribution in [0.25, 0.3) is 236 Å². The fraction of sp³-hybridized carbons (Fsp3) is 0. The summed E-state index contributed by atoms with van der Waals surface area (Å²) in [4.78, 5) is 3.74. The van der Waals surface area contributed by atoms with Gasteiger partial charge in [-0.15, -0.1) is 0 Å². The van der Waals surface area contributed by atoms with Crippen molar-refractivity contribution < 1.29 is 8.83 Å². The molecular weight excluding hydrogens is 1420 g/mol. The summed E-state index contributed by atoms with van der Waals surface area (Å²) in [5.74, 6) is 0. The number of nitrogens with one attached hydrogen (secondary N) is 1. The van der Waals surface area contributed by atoms with Gasteiger partial charge in [-0.2, -0.15) is 0 Å². The van der Waals surface area contributed by atoms with Crippen LogP contribution in [0.1, 0.15) is 0 Å². The van der Waals surface area contributed by atoms with Crippen LogP contribution in [0.2, 0.25) is 0 Å². The molecule has 0 aliphatic heterocycles. The van der Waals surface area contributed by atoms with Gasteiger partial charge in [-0.1, -0.05) is 295 Å². The third kappa shape index (κ3) is 8.89. The maximum atomic E-state index is 6.99. The van der Waals surface area contributed by atoms with E-state index < -0.39 is 0 Å². The smallest absolute Gasteiger partial charge is 0.147 e. The van der Waals surface area contributed by atoms with Crippen LogP contribution in [-0.4, -0.2) is 18.7 Å². The number of para-hydroxylation sites is 8. The van der Waals surface area contributed by atoms with E-state index >= 15 is 0 Å². The van der Waals surface area contributed by atoms with Crippen LogP contribution in [0.3, 0.4) is 0 Å². The standard InChI is InChI=1S/C52H30N2O.C30H18N2O.C22H13Br/c1-2-15-32(16-3-1)53-43-25-9-6-20-40(43)47-50-48(52-49(51(47)53)42-22-8-11-27-45(42)55-52)41-21-7-10-26-44(41)54(50)33-17-12-14-31(30-33)34-28-29-39-36-19-5-4-18-35(36)38-24-13-23-37(34)46(38)39;1-2-10-18(11-3-1)32-23-16-8-5-13-20(23)25-28-26(19-12-4-7-15-22(19)31-28)30-27(29(25)32)21-14-6-9-17-24(21)33-30;23-15-6-3-5-14(13-15)16-11-12-21-18-8-2-1-7-17(18)20-10-4-9-19(16)22(20)21/h1-30H;1-17,31H;1-13H. The van der Waals surface area contributed by atoms with Crippen molar-refractivity contribution in [2.45, 2.75) is 0 Å². The molecule has 0 saturated heterocycles. The maximum absolute atomic E-state index is 6.99. The zero-order valence-electron chi connectivity index (χ0n) is 59.7. The first-order valence-corrected chi connectivity index (χ1v) is 38.7. The highest BCUT2D eigenvalue weighted by molar-refractivity contribution is 9.10. The molecule has 0 saturated carbocycles. The first kappa shape index (κ1) is 61.9. The van der Waals surface area contributed by atoms with E-state index in [2.05, 4.69) is 393 Å². The quantitative estimate of drug-likeness (QED) is 0.187. The van der Waals surface area contributed by atoms with E-state index in [1.54, 1.807) is 0 Å². The Kier molecular flexibility index (Phi) is 13.3. The van der Waals surface area contributed by atoms with Gasteiger partial charge in [0, 0.05) is 70.1 Å². The lowest BCUT2D eigenvalue weighted by Gasteiger charge is -2.14. The summed E-state index contributed by atoms with van der Waals surface area (Å²) in [6, 6.07) is 131. The average Bonchev–Trinajstić information content (AvgIpc) is 1.53. The fourth-order valence-corrected chi connectivity index (χ4v) is 19.6. The number of H-pyrrole nitrogens is 1. The number of fused-ring (bicyclic) bond motifs is 30. The number of rotatable bonds is 5. The molecular formula is C104H61BrN4O2. The number of hydrogen-bond donors (Lipinski definition) is 1. The second-order valence-corrected chi connectivity index (χ2v) is 30.3. The average molecular weight is 1480 g/mol. The minimum absolute atomic E-state index is 0.893. The minimum atomic E-state index is 0.893. The molecule has 26 rings (SSSR count). The molecule has 1 N–H and O–H groups in total. The van der Waals surface area contributed by atoms with Crippen molar-refractivity contribution in [1.82, 2.24) is 18.7 Å². The van der Waals surface area contributed by atoms with Crippen molar-refractivity contribution in [3.8, 4) is 83.8 Å². The van der Waals surface area contributed by atoms with E-state index in [-0.39, 0.29) is 0 Å². The van der Waals surface area contributed by atoms with Crippen molar-refractivity contribution in [1.29, 1.82) is 0 Å². The highest BCUT2D eigenvalue weighted by Gasteiger charge is 2.31. The van der Waals surface area contributed by atoms with Gasteiger partial charge in [-0.05, 0) is 173 Å². The Hall–Kier alpha value is -14.2. The van der Waals surface area contributed by atoms with Gasteiger partial charge < -0.3 is 27.5 Å². The Labute approximate surface area is 643 Å². The molecule has 24 aromatic rings. The minimum Gasteiger partial charge on any atom is -0.455 e. The first-order chi connectivity index (χ1) is 55.1. The number of halogens is 1. The van der Waals surface area contributed by atoms with E-state index in [9.17, 15) is 0 Å². The number of nitrogens with zero attached hydrogens (tertiary/aromatic N) is 3. The van der Waals surface area contributed by atoms with Crippen LogP contribution in [-0.2, 0) is 0 Å². The zero-order valence-corrected chi connectivity index (χ0v) is 61.3. The SMILES string of the molecule is Brc1cccc(-c2ccc3c4c(cccc24)-c2ccccc2-3)c1.c1ccc(-n2c3ccccc3c3c4[nH]c5ccccc5c4c4oc5ccccc5c4c32)cc1.c1ccc(-n2c3ccccc3c3c4c(c5ccccc5n4-c4cccc(-c5ccc6c7c(cccc57)-c5ccccc5-6)c4)c4oc5ccccc5c4c32)cc1. The van der Waals surface area contributed by atoms with Crippen molar-refractivity contribution >= 4 is 169 Å². The molecule has 0 fully saturated rings. The second kappa shape index (κ2) is 23.9. The summed E-state index contributed by atoms with van der Waals surface area (Å²) in [5.41, 5.74) is 31.9. The first-order valence-electron chi connectivity index (χ1n) is 37.9. The molecule has 0 unspecified atom stereocenters. The third-order valence-electron chi connectivity index (χ3n) is 23.6. The summed E-state index contributed by atoms with van der Waals surface area (Å²) in [5, 5.41) is 19.5. The summed E-state index contributed by atoms with van der Waals surface area (Å²) >= 11 is 3.59. The summed E-state index contributed by atoms with van der Waals surface area (Å²) in [7, 11) is 0. The maximum Gasteiger partial charge on any atom is 0.147 e. The topological polar surface area (TPSA) is 56.9 Å². The Morgan fingerprint density at radius 1 is 0.225 bits per heavy atom. The van der Waals surface area contributed by atoms with Crippen molar-refractivity contribution in [2.24, 2.45) is 0 Å². The fourth-order valence-electron chi connectivity index (χ4n) is 19.2. The highest BCUT2D eigenvalue weighted by Crippen LogP contribution is 2.55. The normalized spacial score (nSPS) is 12.2. The molecule has 0 atom stereocenters. The van der Waals surface area contributed by atoms with Crippen molar-refractivity contribution in [3.05, 3.63) is 368 Å². The van der Waals surface area contributed by atoms with Gasteiger partial charge in [-0.3, -0.25) is 0 Å². The molecule has 0 amide bonds. The van der Waals surface area contributed by atoms with Crippen LogP contribution < -0.4 is 0 Å². The molecule has 18 aromatic carbocycles. The lowest BCUT2D eigenvalue weighted by molar-refractivity contribution is 0.672. The van der Waals surface area contributed by atoms with Crippen LogP contribution in [0.4, 0.5) is 0 Å². The Morgan fingerprint density at radius 2 is 0.577 bits per heavy atom. The predicted molar refractivity (Wildman–Crippen MR) is 469 cm³/mol. The zero-order chi connectivity index (χ0) is 72.7. The van der Waals surface area contributed by atoms with Crippen LogP contribution in [0.5, 0.6) is 0 Å². The van der Waals surface area contributed by atoms with E-state index in [0.717, 1.165) is 104 Å². The monoisotopic (exact) mass is 1480 g/mol. The van der Waals surface area contributed by atoms with E-state index in [4.69, 9.17) is 8.83 Å². The lowest BCUT2D eigenvalue weighted by Crippen LogP contribution is -1.96. The molecule has 6 heterocycles. The molecule has 0 radical (unpaired) electrons. The van der Waals surface area contributed by atoms with Crippen LogP contribution >= 0.6 is 15.9 Å². The summed E-state index contributed by atoms with van der Waals surface area (Å²) in [6.45, 7) is 0. The van der Waals surface area contributed by atoms with Gasteiger partial charge in [-0.25, -0.2) is 0 Å². The van der Waals surface area contributed by atoms with Gasteiger partial charge in [0.1, 0.15) is 22.3 Å².